The van der Waals surface area contributed by atoms with Crippen molar-refractivity contribution in [3.05, 3.63) is 29.8 Å². The molecule has 112 valence electrons. The van der Waals surface area contributed by atoms with Gasteiger partial charge in [0, 0.05) is 24.6 Å². The third kappa shape index (κ3) is 2.94. The molecule has 0 aliphatic carbocycles. The molecule has 0 saturated carbocycles. The summed E-state index contributed by atoms with van der Waals surface area (Å²) in [6.07, 6.45) is 0.135. The van der Waals surface area contributed by atoms with Crippen LogP contribution in [0.5, 0.6) is 5.75 Å². The number of ether oxygens (including phenoxy) is 1. The van der Waals surface area contributed by atoms with Gasteiger partial charge in [-0.25, -0.2) is 4.79 Å². The molecule has 0 spiro atoms. The second kappa shape index (κ2) is 5.63. The Morgan fingerprint density at radius 3 is 2.76 bits per heavy atom. The highest BCUT2D eigenvalue weighted by atomic mass is 16.5. The molecule has 3 rings (SSSR count). The Kier molecular flexibility index (Phi) is 3.68. The van der Waals surface area contributed by atoms with Gasteiger partial charge in [-0.1, -0.05) is 18.2 Å². The highest BCUT2D eigenvalue weighted by Gasteiger charge is 2.35. The van der Waals surface area contributed by atoms with Gasteiger partial charge in [0.1, 0.15) is 12.4 Å². The first kappa shape index (κ1) is 13.7. The number of fused-ring (bicyclic) bond motifs is 1. The molecule has 2 heterocycles. The van der Waals surface area contributed by atoms with Crippen molar-refractivity contribution in [1.82, 2.24) is 9.80 Å². The number of carboxylic acid groups (broad SMARTS) is 1. The number of likely N-dealkylation sites (tertiary alicyclic amines) is 1. The van der Waals surface area contributed by atoms with E-state index in [1.54, 1.807) is 9.80 Å². The highest BCUT2D eigenvalue weighted by molar-refractivity contribution is 5.76. The molecular formula is C15H18N2O4. The maximum atomic E-state index is 12.4. The zero-order valence-electron chi connectivity index (χ0n) is 11.7. The van der Waals surface area contributed by atoms with Gasteiger partial charge in [-0.15, -0.1) is 0 Å². The van der Waals surface area contributed by atoms with Gasteiger partial charge < -0.3 is 19.6 Å². The van der Waals surface area contributed by atoms with E-state index >= 15 is 0 Å². The number of hydrogen-bond donors (Lipinski definition) is 1. The summed E-state index contributed by atoms with van der Waals surface area (Å²) >= 11 is 0. The maximum Gasteiger partial charge on any atom is 0.320 e. The predicted molar refractivity (Wildman–Crippen MR) is 75.1 cm³/mol. The molecule has 1 fully saturated rings. The van der Waals surface area contributed by atoms with Crippen LogP contribution in [0.1, 0.15) is 12.0 Å². The summed E-state index contributed by atoms with van der Waals surface area (Å²) in [6, 6.07) is 7.70. The first-order valence-electron chi connectivity index (χ1n) is 7.10. The van der Waals surface area contributed by atoms with Crippen LogP contribution < -0.4 is 4.74 Å². The van der Waals surface area contributed by atoms with Crippen LogP contribution in [-0.4, -0.2) is 53.1 Å². The summed E-state index contributed by atoms with van der Waals surface area (Å²) in [5, 5.41) is 8.74. The van der Waals surface area contributed by atoms with Gasteiger partial charge in [-0.3, -0.25) is 4.79 Å². The molecule has 0 atom stereocenters. The molecule has 6 nitrogen and oxygen atoms in total. The summed E-state index contributed by atoms with van der Waals surface area (Å²) in [5.74, 6) is 0.117. The number of aliphatic carboxylic acids is 1. The second-order valence-corrected chi connectivity index (χ2v) is 5.53. The van der Waals surface area contributed by atoms with E-state index in [9.17, 15) is 9.59 Å². The summed E-state index contributed by atoms with van der Waals surface area (Å²) in [7, 11) is 0. The van der Waals surface area contributed by atoms with Gasteiger partial charge in [0.2, 0.25) is 0 Å². The molecule has 21 heavy (non-hydrogen) atoms. The minimum absolute atomic E-state index is 0.0306. The van der Waals surface area contributed by atoms with Gasteiger partial charge in [-0.05, 0) is 6.07 Å². The van der Waals surface area contributed by atoms with Crippen LogP contribution in [0, 0.1) is 5.92 Å². The largest absolute Gasteiger partial charge is 0.491 e. The number of para-hydroxylation sites is 1. The van der Waals surface area contributed by atoms with E-state index < -0.39 is 5.97 Å². The van der Waals surface area contributed by atoms with Gasteiger partial charge in [-0.2, -0.15) is 0 Å². The molecule has 2 aliphatic rings. The SMILES string of the molecule is O=C(O)CC1CN(C(=O)N2CCOc3ccccc3C2)C1. The van der Waals surface area contributed by atoms with Crippen LogP contribution in [0.3, 0.4) is 0 Å². The Labute approximate surface area is 122 Å². The molecular weight excluding hydrogens is 272 g/mol. The van der Waals surface area contributed by atoms with Crippen LogP contribution in [0.25, 0.3) is 0 Å². The van der Waals surface area contributed by atoms with Crippen LogP contribution >= 0.6 is 0 Å². The number of carbonyl (C=O) groups excluding carboxylic acids is 1. The lowest BCUT2D eigenvalue weighted by Gasteiger charge is -2.41. The number of urea groups is 1. The average molecular weight is 290 g/mol. The summed E-state index contributed by atoms with van der Waals surface area (Å²) in [6.45, 7) is 2.63. The topological polar surface area (TPSA) is 70.1 Å². The van der Waals surface area contributed by atoms with Gasteiger partial charge in [0.25, 0.3) is 0 Å². The summed E-state index contributed by atoms with van der Waals surface area (Å²) in [4.78, 5) is 26.5. The van der Waals surface area contributed by atoms with E-state index in [0.717, 1.165) is 11.3 Å². The number of hydrogen-bond acceptors (Lipinski definition) is 3. The number of carboxylic acids is 1. The Bertz CT molecular complexity index is 554. The van der Waals surface area contributed by atoms with Crippen molar-refractivity contribution in [3.63, 3.8) is 0 Å². The van der Waals surface area contributed by atoms with Crippen molar-refractivity contribution < 1.29 is 19.4 Å². The smallest absolute Gasteiger partial charge is 0.320 e. The Morgan fingerprint density at radius 2 is 2.00 bits per heavy atom. The number of carbonyl (C=O) groups is 2. The summed E-state index contributed by atoms with van der Waals surface area (Å²) in [5.41, 5.74) is 1.01. The van der Waals surface area contributed by atoms with Crippen LogP contribution in [0.15, 0.2) is 24.3 Å². The third-order valence-corrected chi connectivity index (χ3v) is 3.91. The zero-order chi connectivity index (χ0) is 14.8. The fourth-order valence-electron chi connectivity index (χ4n) is 2.79. The average Bonchev–Trinajstić information content (AvgIpc) is 2.63. The van der Waals surface area contributed by atoms with Crippen LogP contribution in [0.4, 0.5) is 4.79 Å². The van der Waals surface area contributed by atoms with E-state index in [1.165, 1.54) is 0 Å². The molecule has 6 heteroatoms. The van der Waals surface area contributed by atoms with Gasteiger partial charge >= 0.3 is 12.0 Å². The molecule has 1 aromatic carbocycles. The van der Waals surface area contributed by atoms with Crippen LogP contribution in [-0.2, 0) is 11.3 Å². The zero-order valence-corrected chi connectivity index (χ0v) is 11.7. The molecule has 0 unspecified atom stereocenters. The Balaban J connectivity index is 1.60. The highest BCUT2D eigenvalue weighted by Crippen LogP contribution is 2.25. The predicted octanol–water partition coefficient (Wildman–Crippen LogP) is 1.41. The fraction of sp³-hybridized carbons (Fsp3) is 0.467. The van der Waals surface area contributed by atoms with Crippen molar-refractivity contribution in [2.24, 2.45) is 5.92 Å². The molecule has 1 aromatic rings. The minimum Gasteiger partial charge on any atom is -0.491 e. The molecule has 2 aliphatic heterocycles. The number of nitrogens with zero attached hydrogens (tertiary/aromatic N) is 2. The van der Waals surface area contributed by atoms with Crippen molar-refractivity contribution in [3.8, 4) is 5.75 Å². The van der Waals surface area contributed by atoms with Crippen molar-refractivity contribution in [2.75, 3.05) is 26.2 Å². The van der Waals surface area contributed by atoms with E-state index in [2.05, 4.69) is 0 Å². The van der Waals surface area contributed by atoms with E-state index in [0.29, 0.717) is 32.8 Å². The second-order valence-electron chi connectivity index (χ2n) is 5.53. The molecule has 0 bridgehead atoms. The van der Waals surface area contributed by atoms with Gasteiger partial charge in [0.05, 0.1) is 19.5 Å². The lowest BCUT2D eigenvalue weighted by molar-refractivity contribution is -0.139. The Morgan fingerprint density at radius 1 is 1.24 bits per heavy atom. The standard InChI is InChI=1S/C15H18N2O4/c18-14(19)7-11-8-17(9-11)15(20)16-5-6-21-13-4-2-1-3-12(13)10-16/h1-4,11H,5-10H2,(H,18,19). The van der Waals surface area contributed by atoms with Crippen LogP contribution in [0.2, 0.25) is 0 Å². The number of rotatable bonds is 2. The molecule has 1 N–H and O–H groups in total. The third-order valence-electron chi connectivity index (χ3n) is 3.91. The maximum absolute atomic E-state index is 12.4. The van der Waals surface area contributed by atoms with E-state index in [-0.39, 0.29) is 18.4 Å². The minimum atomic E-state index is -0.802. The van der Waals surface area contributed by atoms with Crippen molar-refractivity contribution >= 4 is 12.0 Å². The molecule has 1 saturated heterocycles. The molecule has 0 aromatic heterocycles. The lowest BCUT2D eigenvalue weighted by atomic mass is 9.97. The normalized spacial score (nSPS) is 18.3. The monoisotopic (exact) mass is 290 g/mol. The quantitative estimate of drug-likeness (QED) is 0.894. The van der Waals surface area contributed by atoms with Gasteiger partial charge in [0.15, 0.2) is 0 Å². The summed E-state index contributed by atoms with van der Waals surface area (Å²) < 4.78 is 5.64. The lowest BCUT2D eigenvalue weighted by Crippen LogP contribution is -2.55. The first-order valence-corrected chi connectivity index (χ1v) is 7.10. The fourth-order valence-corrected chi connectivity index (χ4v) is 2.79. The van der Waals surface area contributed by atoms with Crippen molar-refractivity contribution in [1.29, 1.82) is 0 Å². The van der Waals surface area contributed by atoms with E-state index in [4.69, 9.17) is 9.84 Å². The van der Waals surface area contributed by atoms with E-state index in [1.807, 2.05) is 24.3 Å². The Hall–Kier alpha value is -2.24. The number of benzene rings is 1. The van der Waals surface area contributed by atoms with Crippen molar-refractivity contribution in [2.45, 2.75) is 13.0 Å². The number of amides is 2. The molecule has 0 radical (unpaired) electrons. The first-order chi connectivity index (χ1) is 10.1. The molecule has 2 amide bonds.